The molecule has 1 N–H and O–H groups in total. The van der Waals surface area contributed by atoms with Crippen molar-refractivity contribution in [3.63, 3.8) is 0 Å². The lowest BCUT2D eigenvalue weighted by molar-refractivity contribution is -0.683. The van der Waals surface area contributed by atoms with Crippen LogP contribution in [0.3, 0.4) is 0 Å². The second-order valence-electron chi connectivity index (χ2n) is 6.81. The van der Waals surface area contributed by atoms with E-state index >= 15 is 0 Å². The minimum atomic E-state index is -0.397. The summed E-state index contributed by atoms with van der Waals surface area (Å²) in [4.78, 5) is 27.9. The molecule has 3 rings (SSSR count). The number of carbonyl (C=O) groups excluding carboxylic acids is 2. The zero-order valence-electron chi connectivity index (χ0n) is 16.5. The normalized spacial score (nSPS) is 10.7. The SMILES string of the molecule is CCOC(=O)c1c(C)[nH]c(C(=O)C[n+]2ccc(Cc3ccccc3)cc2)c1C. The number of hydrogen-bond donors (Lipinski definition) is 1. The van der Waals surface area contributed by atoms with Crippen molar-refractivity contribution in [1.82, 2.24) is 4.98 Å². The van der Waals surface area contributed by atoms with Gasteiger partial charge in [-0.15, -0.1) is 0 Å². The molecule has 0 bridgehead atoms. The minimum absolute atomic E-state index is 0.0723. The lowest BCUT2D eigenvalue weighted by atomic mass is 10.1. The van der Waals surface area contributed by atoms with E-state index in [1.807, 2.05) is 47.3 Å². The number of ether oxygens (including phenoxy) is 1. The van der Waals surface area contributed by atoms with E-state index in [2.05, 4.69) is 17.1 Å². The van der Waals surface area contributed by atoms with Crippen LogP contribution in [0.2, 0.25) is 0 Å². The Morgan fingerprint density at radius 1 is 1.00 bits per heavy atom. The van der Waals surface area contributed by atoms with Crippen molar-refractivity contribution in [2.45, 2.75) is 33.7 Å². The number of ketones is 1. The molecule has 0 aliphatic heterocycles. The van der Waals surface area contributed by atoms with Crippen LogP contribution in [0.15, 0.2) is 54.9 Å². The van der Waals surface area contributed by atoms with E-state index in [9.17, 15) is 9.59 Å². The maximum atomic E-state index is 12.8. The molecule has 0 unspecified atom stereocenters. The summed E-state index contributed by atoms with van der Waals surface area (Å²) >= 11 is 0. The number of benzene rings is 1. The summed E-state index contributed by atoms with van der Waals surface area (Å²) in [5, 5.41) is 0. The largest absolute Gasteiger partial charge is 0.462 e. The molecule has 0 spiro atoms. The van der Waals surface area contributed by atoms with Crippen LogP contribution in [0.25, 0.3) is 0 Å². The standard InChI is InChI=1S/C23H24N2O3/c1-4-28-23(27)21-16(2)22(24-17(21)3)20(26)15-25-12-10-19(11-13-25)14-18-8-6-5-7-9-18/h5-13H,4,14-15H2,1-3H3/p+1. The Hall–Kier alpha value is -3.21. The highest BCUT2D eigenvalue weighted by molar-refractivity contribution is 6.01. The molecule has 5 nitrogen and oxygen atoms in total. The van der Waals surface area contributed by atoms with Gasteiger partial charge in [0.1, 0.15) is 0 Å². The van der Waals surface area contributed by atoms with Crippen molar-refractivity contribution >= 4 is 11.8 Å². The predicted octanol–water partition coefficient (Wildman–Crippen LogP) is 3.57. The van der Waals surface area contributed by atoms with Gasteiger partial charge in [0, 0.05) is 17.8 Å². The van der Waals surface area contributed by atoms with E-state index in [4.69, 9.17) is 4.74 Å². The number of H-pyrrole nitrogens is 1. The van der Waals surface area contributed by atoms with Gasteiger partial charge in [0.15, 0.2) is 12.4 Å². The first-order valence-corrected chi connectivity index (χ1v) is 9.41. The molecule has 0 aliphatic carbocycles. The Bertz CT molecular complexity index is 973. The number of pyridine rings is 1. The summed E-state index contributed by atoms with van der Waals surface area (Å²) in [5.41, 5.74) is 4.64. The van der Waals surface area contributed by atoms with Crippen molar-refractivity contribution in [2.24, 2.45) is 0 Å². The summed E-state index contributed by atoms with van der Waals surface area (Å²) in [7, 11) is 0. The molecule has 0 aliphatic rings. The lowest BCUT2D eigenvalue weighted by Gasteiger charge is -2.03. The second kappa shape index (κ2) is 8.65. The summed E-state index contributed by atoms with van der Waals surface area (Å²) in [6.45, 7) is 5.82. The Morgan fingerprint density at radius 2 is 1.64 bits per heavy atom. The molecule has 3 aromatic rings. The first-order valence-electron chi connectivity index (χ1n) is 9.41. The summed E-state index contributed by atoms with van der Waals surface area (Å²) in [6.07, 6.45) is 4.68. The number of rotatable bonds is 7. The maximum absolute atomic E-state index is 12.8. The van der Waals surface area contributed by atoms with E-state index in [0.717, 1.165) is 6.42 Å². The molecule has 0 atom stereocenters. The Labute approximate surface area is 165 Å². The van der Waals surface area contributed by atoms with Crippen LogP contribution in [0, 0.1) is 13.8 Å². The molecule has 1 aromatic carbocycles. The van der Waals surface area contributed by atoms with Gasteiger partial charge in [0.2, 0.25) is 12.3 Å². The molecule has 0 fully saturated rings. The van der Waals surface area contributed by atoms with Gasteiger partial charge in [-0.05, 0) is 43.9 Å². The third-order valence-corrected chi connectivity index (χ3v) is 4.73. The molecule has 5 heteroatoms. The van der Waals surface area contributed by atoms with Crippen molar-refractivity contribution in [1.29, 1.82) is 0 Å². The van der Waals surface area contributed by atoms with Gasteiger partial charge in [0.05, 0.1) is 17.9 Å². The Kier molecular flexibility index (Phi) is 6.04. The summed E-state index contributed by atoms with van der Waals surface area (Å²) < 4.78 is 6.93. The number of nitrogens with one attached hydrogen (secondary N) is 1. The first kappa shape index (κ1) is 19.5. The number of hydrogen-bond acceptors (Lipinski definition) is 3. The van der Waals surface area contributed by atoms with E-state index in [0.29, 0.717) is 29.1 Å². The van der Waals surface area contributed by atoms with Gasteiger partial charge in [-0.25, -0.2) is 4.79 Å². The van der Waals surface area contributed by atoms with Crippen LogP contribution in [0.5, 0.6) is 0 Å². The fourth-order valence-electron chi connectivity index (χ4n) is 3.33. The highest BCUT2D eigenvalue weighted by Gasteiger charge is 2.24. The van der Waals surface area contributed by atoms with E-state index in [1.165, 1.54) is 11.1 Å². The van der Waals surface area contributed by atoms with Crippen LogP contribution in [-0.4, -0.2) is 23.3 Å². The van der Waals surface area contributed by atoms with Crippen LogP contribution in [-0.2, 0) is 17.7 Å². The highest BCUT2D eigenvalue weighted by Crippen LogP contribution is 2.19. The van der Waals surface area contributed by atoms with Crippen molar-refractivity contribution in [3.05, 3.63) is 88.5 Å². The molecule has 0 amide bonds. The number of aromatic amines is 1. The molecule has 0 saturated carbocycles. The molecular formula is C23H25N2O3+. The number of aryl methyl sites for hydroxylation is 1. The average molecular weight is 377 g/mol. The van der Waals surface area contributed by atoms with Crippen LogP contribution in [0.1, 0.15) is 50.2 Å². The molecule has 28 heavy (non-hydrogen) atoms. The van der Waals surface area contributed by atoms with Crippen molar-refractivity contribution in [2.75, 3.05) is 6.61 Å². The molecular weight excluding hydrogens is 352 g/mol. The monoisotopic (exact) mass is 377 g/mol. The fourth-order valence-corrected chi connectivity index (χ4v) is 3.33. The van der Waals surface area contributed by atoms with Gasteiger partial charge >= 0.3 is 5.97 Å². The fraction of sp³-hybridized carbons (Fsp3) is 0.261. The van der Waals surface area contributed by atoms with E-state index < -0.39 is 5.97 Å². The smallest absolute Gasteiger partial charge is 0.340 e. The van der Waals surface area contributed by atoms with Crippen molar-refractivity contribution in [3.8, 4) is 0 Å². The quantitative estimate of drug-likeness (QED) is 0.389. The van der Waals surface area contributed by atoms with Crippen molar-refractivity contribution < 1.29 is 18.9 Å². The number of carbonyl (C=O) groups is 2. The predicted molar refractivity (Wildman–Crippen MR) is 106 cm³/mol. The molecule has 0 radical (unpaired) electrons. The van der Waals surface area contributed by atoms with E-state index in [1.54, 1.807) is 20.8 Å². The zero-order valence-corrected chi connectivity index (χ0v) is 16.5. The van der Waals surface area contributed by atoms with E-state index in [-0.39, 0.29) is 12.3 Å². The number of nitrogens with zero attached hydrogens (tertiary/aromatic N) is 1. The second-order valence-corrected chi connectivity index (χ2v) is 6.81. The Balaban J connectivity index is 1.71. The molecule has 144 valence electrons. The molecule has 2 heterocycles. The number of Topliss-reactive ketones (excluding diaryl/α,β-unsaturated/α-hetero) is 1. The third kappa shape index (κ3) is 4.36. The number of aromatic nitrogens is 2. The van der Waals surface area contributed by atoms with Gasteiger partial charge in [-0.1, -0.05) is 30.3 Å². The topological polar surface area (TPSA) is 63.0 Å². The maximum Gasteiger partial charge on any atom is 0.340 e. The van der Waals surface area contributed by atoms with Crippen LogP contribution < -0.4 is 4.57 Å². The minimum Gasteiger partial charge on any atom is -0.462 e. The van der Waals surface area contributed by atoms with Gasteiger partial charge in [0.25, 0.3) is 0 Å². The van der Waals surface area contributed by atoms with Crippen LogP contribution in [0.4, 0.5) is 0 Å². The zero-order chi connectivity index (χ0) is 20.1. The molecule has 0 saturated heterocycles. The average Bonchev–Trinajstić information content (AvgIpc) is 2.99. The molecule has 2 aromatic heterocycles. The van der Waals surface area contributed by atoms with Gasteiger partial charge < -0.3 is 9.72 Å². The highest BCUT2D eigenvalue weighted by atomic mass is 16.5. The first-order chi connectivity index (χ1) is 13.5. The Morgan fingerprint density at radius 3 is 2.29 bits per heavy atom. The third-order valence-electron chi connectivity index (χ3n) is 4.73. The summed E-state index contributed by atoms with van der Waals surface area (Å²) in [5.74, 6) is -0.470. The van der Waals surface area contributed by atoms with Gasteiger partial charge in [-0.2, -0.15) is 4.57 Å². The lowest BCUT2D eigenvalue weighted by Crippen LogP contribution is -2.37. The number of esters is 1. The van der Waals surface area contributed by atoms with Gasteiger partial charge in [-0.3, -0.25) is 4.79 Å². The van der Waals surface area contributed by atoms with Crippen LogP contribution >= 0.6 is 0 Å². The summed E-state index contributed by atoms with van der Waals surface area (Å²) in [6, 6.07) is 14.3.